The van der Waals surface area contributed by atoms with E-state index in [4.69, 9.17) is 4.74 Å². The Balaban J connectivity index is 1.38. The summed E-state index contributed by atoms with van der Waals surface area (Å²) in [6, 6.07) is 14.6. The highest BCUT2D eigenvalue weighted by Crippen LogP contribution is 2.30. The van der Waals surface area contributed by atoms with Crippen molar-refractivity contribution in [2.24, 2.45) is 0 Å². The normalized spacial score (nSPS) is 19.6. The van der Waals surface area contributed by atoms with Crippen molar-refractivity contribution in [1.29, 1.82) is 0 Å². The molecule has 2 aromatic carbocycles. The fourth-order valence-electron chi connectivity index (χ4n) is 4.19. The van der Waals surface area contributed by atoms with Crippen LogP contribution in [0.4, 0.5) is 11.4 Å². The summed E-state index contributed by atoms with van der Waals surface area (Å²) in [5.41, 5.74) is 6.08. The fourth-order valence-corrected chi connectivity index (χ4v) is 4.19. The van der Waals surface area contributed by atoms with E-state index in [9.17, 15) is 4.79 Å². The van der Waals surface area contributed by atoms with Crippen LogP contribution in [-0.2, 0) is 16.0 Å². The van der Waals surface area contributed by atoms with Gasteiger partial charge >= 0.3 is 0 Å². The molecule has 2 atom stereocenters. The van der Waals surface area contributed by atoms with Gasteiger partial charge in [0.15, 0.2) is 0 Å². The quantitative estimate of drug-likeness (QED) is 0.838. The molecule has 5 nitrogen and oxygen atoms in total. The lowest BCUT2D eigenvalue weighted by Crippen LogP contribution is -2.40. The summed E-state index contributed by atoms with van der Waals surface area (Å²) in [6.07, 6.45) is 0.752. The van der Waals surface area contributed by atoms with Gasteiger partial charge in [0.1, 0.15) is 6.04 Å². The number of aryl methyl sites for hydroxylation is 1. The fraction of sp³-hybridized carbons (Fsp3) is 0.435. The number of fused-ring (bicyclic) bond motifs is 1. The van der Waals surface area contributed by atoms with E-state index in [1.54, 1.807) is 0 Å². The van der Waals surface area contributed by atoms with Crippen LogP contribution in [0.3, 0.4) is 0 Å². The Morgan fingerprint density at radius 2 is 2.00 bits per heavy atom. The number of nitrogens with zero attached hydrogens (tertiary/aromatic N) is 1. The lowest BCUT2D eigenvalue weighted by Gasteiger charge is -2.32. The number of carbonyl (C=O) groups excluding carboxylic acids is 1. The number of rotatable bonds is 5. The van der Waals surface area contributed by atoms with Crippen LogP contribution < -0.4 is 15.5 Å². The molecule has 1 amide bonds. The Labute approximate surface area is 167 Å². The molecule has 0 saturated carbocycles. The van der Waals surface area contributed by atoms with Gasteiger partial charge in [-0.3, -0.25) is 4.79 Å². The monoisotopic (exact) mass is 379 g/mol. The van der Waals surface area contributed by atoms with Crippen molar-refractivity contribution >= 4 is 17.3 Å². The van der Waals surface area contributed by atoms with Crippen LogP contribution in [0.25, 0.3) is 0 Å². The average molecular weight is 380 g/mol. The third kappa shape index (κ3) is 3.85. The van der Waals surface area contributed by atoms with Gasteiger partial charge in [-0.05, 0) is 29.7 Å². The molecule has 0 aromatic heterocycles. The number of amides is 1. The van der Waals surface area contributed by atoms with Gasteiger partial charge in [-0.1, -0.05) is 43.3 Å². The molecule has 2 aromatic rings. The van der Waals surface area contributed by atoms with E-state index in [2.05, 4.69) is 71.8 Å². The molecule has 0 spiro atoms. The van der Waals surface area contributed by atoms with E-state index in [0.717, 1.165) is 38.4 Å². The van der Waals surface area contributed by atoms with E-state index < -0.39 is 0 Å². The van der Waals surface area contributed by atoms with Crippen molar-refractivity contribution in [2.45, 2.75) is 32.2 Å². The number of hydrogen-bond donors (Lipinski definition) is 2. The predicted octanol–water partition coefficient (Wildman–Crippen LogP) is 3.09. The largest absolute Gasteiger partial charge is 0.378 e. The van der Waals surface area contributed by atoms with Crippen molar-refractivity contribution in [3.63, 3.8) is 0 Å². The Morgan fingerprint density at radius 3 is 2.79 bits per heavy atom. The average Bonchev–Trinajstić information content (AvgIpc) is 3.18. The van der Waals surface area contributed by atoms with Crippen LogP contribution >= 0.6 is 0 Å². The number of anilines is 2. The van der Waals surface area contributed by atoms with E-state index in [0.29, 0.717) is 6.54 Å². The Bertz CT molecular complexity index is 845. The van der Waals surface area contributed by atoms with Crippen molar-refractivity contribution in [3.8, 4) is 0 Å². The number of ether oxygens (including phenoxy) is 1. The molecule has 2 aliphatic rings. The van der Waals surface area contributed by atoms with Crippen LogP contribution in [0.1, 0.15) is 29.5 Å². The molecule has 1 saturated heterocycles. The molecule has 2 unspecified atom stereocenters. The molecule has 0 bridgehead atoms. The first kappa shape index (κ1) is 18.8. The predicted molar refractivity (Wildman–Crippen MR) is 113 cm³/mol. The van der Waals surface area contributed by atoms with Crippen LogP contribution in [0, 0.1) is 6.92 Å². The minimum absolute atomic E-state index is 0.0753. The van der Waals surface area contributed by atoms with Crippen LogP contribution in [0.2, 0.25) is 0 Å². The molecule has 148 valence electrons. The summed E-state index contributed by atoms with van der Waals surface area (Å²) >= 11 is 0. The summed E-state index contributed by atoms with van der Waals surface area (Å²) in [5.74, 6) is 0.319. The zero-order chi connectivity index (χ0) is 19.5. The molecular formula is C23H29N3O2. The highest BCUT2D eigenvalue weighted by Gasteiger charge is 2.28. The van der Waals surface area contributed by atoms with Crippen LogP contribution in [-0.4, -0.2) is 44.8 Å². The second kappa shape index (κ2) is 8.23. The molecule has 1 fully saturated rings. The smallest absolute Gasteiger partial charge is 0.242 e. The summed E-state index contributed by atoms with van der Waals surface area (Å²) in [5, 5.41) is 6.56. The zero-order valence-electron chi connectivity index (χ0n) is 16.7. The second-order valence-electron chi connectivity index (χ2n) is 7.81. The first-order chi connectivity index (χ1) is 13.6. The van der Waals surface area contributed by atoms with Gasteiger partial charge in [-0.15, -0.1) is 0 Å². The third-order valence-electron chi connectivity index (χ3n) is 5.82. The lowest BCUT2D eigenvalue weighted by atomic mass is 9.98. The highest BCUT2D eigenvalue weighted by atomic mass is 16.5. The van der Waals surface area contributed by atoms with Crippen molar-refractivity contribution in [2.75, 3.05) is 43.1 Å². The van der Waals surface area contributed by atoms with Gasteiger partial charge in [0.2, 0.25) is 5.91 Å². The van der Waals surface area contributed by atoms with E-state index in [1.807, 2.05) is 0 Å². The molecule has 0 radical (unpaired) electrons. The summed E-state index contributed by atoms with van der Waals surface area (Å²) < 4.78 is 5.49. The number of para-hydroxylation sites is 2. The van der Waals surface area contributed by atoms with Crippen LogP contribution in [0.5, 0.6) is 0 Å². The highest BCUT2D eigenvalue weighted by molar-refractivity contribution is 5.88. The van der Waals surface area contributed by atoms with E-state index in [-0.39, 0.29) is 17.9 Å². The maximum Gasteiger partial charge on any atom is 0.242 e. The molecule has 5 heteroatoms. The lowest BCUT2D eigenvalue weighted by molar-refractivity contribution is -0.121. The van der Waals surface area contributed by atoms with Crippen molar-refractivity contribution < 1.29 is 9.53 Å². The van der Waals surface area contributed by atoms with Gasteiger partial charge in [0.25, 0.3) is 0 Å². The summed E-state index contributed by atoms with van der Waals surface area (Å²) in [4.78, 5) is 15.1. The molecule has 2 heterocycles. The van der Waals surface area contributed by atoms with Gasteiger partial charge in [0.05, 0.1) is 13.2 Å². The van der Waals surface area contributed by atoms with Crippen molar-refractivity contribution in [3.05, 3.63) is 59.2 Å². The number of hydrogen-bond acceptors (Lipinski definition) is 4. The van der Waals surface area contributed by atoms with E-state index >= 15 is 0 Å². The molecule has 2 aliphatic heterocycles. The Kier molecular flexibility index (Phi) is 5.53. The first-order valence-corrected chi connectivity index (χ1v) is 10.2. The Hall–Kier alpha value is -2.53. The third-order valence-corrected chi connectivity index (χ3v) is 5.82. The number of nitrogens with one attached hydrogen (secondary N) is 2. The van der Waals surface area contributed by atoms with Gasteiger partial charge < -0.3 is 20.3 Å². The second-order valence-corrected chi connectivity index (χ2v) is 7.81. The number of carbonyl (C=O) groups is 1. The summed E-state index contributed by atoms with van der Waals surface area (Å²) in [6.45, 7) is 8.27. The minimum atomic E-state index is -0.183. The van der Waals surface area contributed by atoms with Gasteiger partial charge in [0, 0.05) is 43.3 Å². The SMILES string of the molecule is Cc1cccc2c1NC(C(=O)NCC(C)c1ccccc1N1CCOCC1)C2. The van der Waals surface area contributed by atoms with Crippen LogP contribution in [0.15, 0.2) is 42.5 Å². The standard InChI is InChI=1S/C23H29N3O2/c1-16-6-5-7-18-14-20(25-22(16)18)23(27)24-15-17(2)19-8-3-4-9-21(19)26-10-12-28-13-11-26/h3-9,17,20,25H,10-15H2,1-2H3,(H,24,27). The maximum absolute atomic E-state index is 12.7. The minimum Gasteiger partial charge on any atom is -0.378 e. The molecular weight excluding hydrogens is 350 g/mol. The van der Waals surface area contributed by atoms with Gasteiger partial charge in [-0.2, -0.15) is 0 Å². The zero-order valence-corrected chi connectivity index (χ0v) is 16.7. The summed E-state index contributed by atoms with van der Waals surface area (Å²) in [7, 11) is 0. The molecule has 2 N–H and O–H groups in total. The molecule has 4 rings (SSSR count). The number of morpholine rings is 1. The first-order valence-electron chi connectivity index (χ1n) is 10.2. The molecule has 28 heavy (non-hydrogen) atoms. The van der Waals surface area contributed by atoms with E-state index in [1.165, 1.54) is 22.4 Å². The van der Waals surface area contributed by atoms with Crippen molar-refractivity contribution in [1.82, 2.24) is 5.32 Å². The number of benzene rings is 2. The molecule has 0 aliphatic carbocycles. The van der Waals surface area contributed by atoms with Gasteiger partial charge in [-0.25, -0.2) is 0 Å². The Morgan fingerprint density at radius 1 is 1.21 bits per heavy atom. The maximum atomic E-state index is 12.7. The topological polar surface area (TPSA) is 53.6 Å².